The Hall–Kier alpha value is -2.00. The van der Waals surface area contributed by atoms with Gasteiger partial charge in [-0.3, -0.25) is 4.79 Å². The summed E-state index contributed by atoms with van der Waals surface area (Å²) in [4.78, 5) is 12.6. The number of aryl methyl sites for hydroxylation is 2. The predicted octanol–water partition coefficient (Wildman–Crippen LogP) is 4.86. The van der Waals surface area contributed by atoms with Gasteiger partial charge in [-0.2, -0.15) is 0 Å². The van der Waals surface area contributed by atoms with Crippen molar-refractivity contribution in [3.63, 3.8) is 0 Å². The van der Waals surface area contributed by atoms with E-state index >= 15 is 0 Å². The Bertz CT molecular complexity index is 742. The summed E-state index contributed by atoms with van der Waals surface area (Å²) >= 11 is 5.89. The van der Waals surface area contributed by atoms with E-state index in [0.29, 0.717) is 17.2 Å². The highest BCUT2D eigenvalue weighted by Crippen LogP contribution is 2.25. The third-order valence-corrected chi connectivity index (χ3v) is 4.99. The summed E-state index contributed by atoms with van der Waals surface area (Å²) < 4.78 is 5.82. The first kappa shape index (κ1) is 17.8. The van der Waals surface area contributed by atoms with Gasteiger partial charge in [-0.15, -0.1) is 0 Å². The molecule has 0 radical (unpaired) electrons. The van der Waals surface area contributed by atoms with Crippen molar-refractivity contribution in [1.82, 2.24) is 5.32 Å². The highest BCUT2D eigenvalue weighted by atomic mass is 35.5. The average molecular weight is 358 g/mol. The highest BCUT2D eigenvalue weighted by Gasteiger charge is 2.21. The number of hydrogen-bond acceptors (Lipinski definition) is 2. The Morgan fingerprint density at radius 2 is 1.88 bits per heavy atom. The van der Waals surface area contributed by atoms with Crippen molar-refractivity contribution in [3.05, 3.63) is 64.2 Å². The molecule has 3 rings (SSSR count). The molecule has 0 aromatic heterocycles. The molecule has 0 saturated heterocycles. The van der Waals surface area contributed by atoms with Gasteiger partial charge in [0.15, 0.2) is 6.10 Å². The Morgan fingerprint density at radius 1 is 1.16 bits per heavy atom. The number of rotatable bonds is 6. The van der Waals surface area contributed by atoms with Crippen molar-refractivity contribution in [2.24, 2.45) is 0 Å². The standard InChI is InChI=1S/C21H24ClNO2/c1-3-20(25-19-11-9-18(22)10-12-19)21(24)23-14(2)16-8-7-15-5-4-6-17(15)13-16/h7-14,20H,3-6H2,1-2H3,(H,23,24)/t14-,20+/m0/s1. The van der Waals surface area contributed by atoms with E-state index in [1.807, 2.05) is 13.8 Å². The maximum absolute atomic E-state index is 12.6. The molecule has 0 spiro atoms. The molecule has 0 aliphatic heterocycles. The number of hydrogen-bond donors (Lipinski definition) is 1. The molecule has 2 aromatic rings. The third-order valence-electron chi connectivity index (χ3n) is 4.74. The lowest BCUT2D eigenvalue weighted by atomic mass is 10.0. The molecule has 0 unspecified atom stereocenters. The van der Waals surface area contributed by atoms with Crippen LogP contribution in [0, 0.1) is 0 Å². The lowest BCUT2D eigenvalue weighted by Crippen LogP contribution is -2.39. The van der Waals surface area contributed by atoms with Crippen molar-refractivity contribution in [2.45, 2.75) is 51.7 Å². The number of nitrogens with one attached hydrogen (secondary N) is 1. The van der Waals surface area contributed by atoms with E-state index in [4.69, 9.17) is 16.3 Å². The topological polar surface area (TPSA) is 38.3 Å². The molecule has 1 amide bonds. The smallest absolute Gasteiger partial charge is 0.261 e. The molecule has 2 aromatic carbocycles. The highest BCUT2D eigenvalue weighted by molar-refractivity contribution is 6.30. The first-order chi connectivity index (χ1) is 12.1. The van der Waals surface area contributed by atoms with Crippen molar-refractivity contribution >= 4 is 17.5 Å². The van der Waals surface area contributed by atoms with E-state index in [-0.39, 0.29) is 11.9 Å². The fraction of sp³-hybridized carbons (Fsp3) is 0.381. The molecule has 132 valence electrons. The fourth-order valence-corrected chi connectivity index (χ4v) is 3.38. The van der Waals surface area contributed by atoms with Crippen molar-refractivity contribution in [3.8, 4) is 5.75 Å². The van der Waals surface area contributed by atoms with E-state index in [1.54, 1.807) is 24.3 Å². The van der Waals surface area contributed by atoms with Gasteiger partial charge < -0.3 is 10.1 Å². The Kier molecular flexibility index (Phi) is 5.64. The van der Waals surface area contributed by atoms with Gasteiger partial charge in [-0.25, -0.2) is 0 Å². The minimum absolute atomic E-state index is 0.0405. The molecule has 4 heteroatoms. The van der Waals surface area contributed by atoms with Gasteiger partial charge in [0.05, 0.1) is 6.04 Å². The SMILES string of the molecule is CC[C@@H](Oc1ccc(Cl)cc1)C(=O)N[C@@H](C)c1ccc2c(c1)CCC2. The van der Waals surface area contributed by atoms with Crippen LogP contribution in [0.15, 0.2) is 42.5 Å². The normalized spacial score (nSPS) is 15.3. The Labute approximate surface area is 154 Å². The van der Waals surface area contributed by atoms with E-state index in [2.05, 4.69) is 23.5 Å². The molecule has 0 saturated carbocycles. The van der Waals surface area contributed by atoms with Crippen LogP contribution in [0.4, 0.5) is 0 Å². The van der Waals surface area contributed by atoms with Gasteiger partial charge in [0, 0.05) is 5.02 Å². The van der Waals surface area contributed by atoms with Crippen molar-refractivity contribution < 1.29 is 9.53 Å². The lowest BCUT2D eigenvalue weighted by Gasteiger charge is -2.21. The van der Waals surface area contributed by atoms with Crippen LogP contribution in [0.25, 0.3) is 0 Å². The minimum atomic E-state index is -0.516. The van der Waals surface area contributed by atoms with Gasteiger partial charge in [0.2, 0.25) is 0 Å². The summed E-state index contributed by atoms with van der Waals surface area (Å²) in [5.74, 6) is 0.557. The molecule has 2 atom stereocenters. The van der Waals surface area contributed by atoms with Crippen LogP contribution in [0.3, 0.4) is 0 Å². The van der Waals surface area contributed by atoms with Crippen LogP contribution >= 0.6 is 11.6 Å². The summed E-state index contributed by atoms with van der Waals surface area (Å²) in [7, 11) is 0. The lowest BCUT2D eigenvalue weighted by molar-refractivity contribution is -0.128. The number of ether oxygens (including phenoxy) is 1. The first-order valence-electron chi connectivity index (χ1n) is 8.91. The Balaban J connectivity index is 1.63. The van der Waals surface area contributed by atoms with Crippen molar-refractivity contribution in [1.29, 1.82) is 0 Å². The monoisotopic (exact) mass is 357 g/mol. The van der Waals surface area contributed by atoms with Gasteiger partial charge in [0.25, 0.3) is 5.91 Å². The van der Waals surface area contributed by atoms with Gasteiger partial charge in [0.1, 0.15) is 5.75 Å². The van der Waals surface area contributed by atoms with Crippen LogP contribution < -0.4 is 10.1 Å². The average Bonchev–Trinajstić information content (AvgIpc) is 3.08. The predicted molar refractivity (Wildman–Crippen MR) is 101 cm³/mol. The number of carbonyl (C=O) groups excluding carboxylic acids is 1. The molecule has 1 N–H and O–H groups in total. The summed E-state index contributed by atoms with van der Waals surface area (Å²) in [5, 5.41) is 3.73. The van der Waals surface area contributed by atoms with Crippen LogP contribution in [0.2, 0.25) is 5.02 Å². The van der Waals surface area contributed by atoms with Gasteiger partial charge in [-0.1, -0.05) is 36.7 Å². The second kappa shape index (κ2) is 7.92. The molecule has 0 fully saturated rings. The first-order valence-corrected chi connectivity index (χ1v) is 9.29. The van der Waals surface area contributed by atoms with Gasteiger partial charge >= 0.3 is 0 Å². The van der Waals surface area contributed by atoms with E-state index in [9.17, 15) is 4.79 Å². The summed E-state index contributed by atoms with van der Waals surface area (Å²) in [6.07, 6.45) is 3.63. The number of fused-ring (bicyclic) bond motifs is 1. The number of halogens is 1. The van der Waals surface area contributed by atoms with E-state index in [0.717, 1.165) is 12.0 Å². The minimum Gasteiger partial charge on any atom is -0.481 e. The fourth-order valence-electron chi connectivity index (χ4n) is 3.25. The molecule has 1 aliphatic rings. The summed E-state index contributed by atoms with van der Waals surface area (Å²) in [5.41, 5.74) is 4.01. The van der Waals surface area contributed by atoms with Crippen LogP contribution in [0.1, 0.15) is 49.4 Å². The Morgan fingerprint density at radius 3 is 2.60 bits per heavy atom. The summed E-state index contributed by atoms with van der Waals surface area (Å²) in [6, 6.07) is 13.6. The van der Waals surface area contributed by atoms with E-state index < -0.39 is 6.10 Å². The molecule has 3 nitrogen and oxygen atoms in total. The molecular formula is C21H24ClNO2. The second-order valence-corrected chi connectivity index (χ2v) is 7.02. The molecule has 0 bridgehead atoms. The molecule has 25 heavy (non-hydrogen) atoms. The maximum atomic E-state index is 12.6. The number of benzene rings is 2. The van der Waals surface area contributed by atoms with Gasteiger partial charge in [-0.05, 0) is 73.6 Å². The third kappa shape index (κ3) is 4.35. The zero-order valence-corrected chi connectivity index (χ0v) is 15.5. The quantitative estimate of drug-likeness (QED) is 0.801. The maximum Gasteiger partial charge on any atom is 0.261 e. The molecule has 0 heterocycles. The van der Waals surface area contributed by atoms with Crippen LogP contribution in [-0.2, 0) is 17.6 Å². The molecule has 1 aliphatic carbocycles. The van der Waals surface area contributed by atoms with E-state index in [1.165, 1.54) is 24.0 Å². The number of carbonyl (C=O) groups is 1. The largest absolute Gasteiger partial charge is 0.481 e. The van der Waals surface area contributed by atoms with Crippen molar-refractivity contribution in [2.75, 3.05) is 0 Å². The zero-order chi connectivity index (χ0) is 17.8. The zero-order valence-electron chi connectivity index (χ0n) is 14.7. The summed E-state index contributed by atoms with van der Waals surface area (Å²) in [6.45, 7) is 3.96. The van der Waals surface area contributed by atoms with Crippen LogP contribution in [-0.4, -0.2) is 12.0 Å². The number of amides is 1. The second-order valence-electron chi connectivity index (χ2n) is 6.58. The molecular weight excluding hydrogens is 334 g/mol. The van der Waals surface area contributed by atoms with Crippen LogP contribution in [0.5, 0.6) is 5.75 Å².